The van der Waals surface area contributed by atoms with Crippen LogP contribution in [0.1, 0.15) is 39.0 Å². The summed E-state index contributed by atoms with van der Waals surface area (Å²) in [6, 6.07) is 17.5. The number of rotatable bonds is 8. The van der Waals surface area contributed by atoms with Crippen molar-refractivity contribution in [1.29, 1.82) is 0 Å². The lowest BCUT2D eigenvalue weighted by Gasteiger charge is -2.22. The lowest BCUT2D eigenvalue weighted by molar-refractivity contribution is -0.119. The first-order valence-electron chi connectivity index (χ1n) is 12.5. The number of carbonyl (C=O) groups is 1. The molecule has 1 aliphatic rings. The minimum absolute atomic E-state index is 0.0307. The number of thioether (sulfide) groups is 1. The molecular formula is C28H30N4O3S. The molecule has 1 fully saturated rings. The van der Waals surface area contributed by atoms with Crippen LogP contribution in [0.2, 0.25) is 0 Å². The third-order valence-electron chi connectivity index (χ3n) is 6.46. The zero-order valence-corrected chi connectivity index (χ0v) is 21.1. The predicted octanol–water partition coefficient (Wildman–Crippen LogP) is 5.32. The molecule has 1 amide bonds. The first kappa shape index (κ1) is 24.2. The van der Waals surface area contributed by atoms with E-state index in [4.69, 9.17) is 9.72 Å². The molecule has 0 spiro atoms. The van der Waals surface area contributed by atoms with E-state index in [1.54, 1.807) is 4.57 Å². The Morgan fingerprint density at radius 3 is 2.58 bits per heavy atom. The maximum atomic E-state index is 13.7. The van der Waals surface area contributed by atoms with Crippen LogP contribution in [0.3, 0.4) is 0 Å². The van der Waals surface area contributed by atoms with Crippen LogP contribution < -0.4 is 15.6 Å². The monoisotopic (exact) mass is 502 g/mol. The lowest BCUT2D eigenvalue weighted by atomic mass is 9.95. The van der Waals surface area contributed by atoms with Gasteiger partial charge in [-0.3, -0.25) is 14.2 Å². The van der Waals surface area contributed by atoms with Crippen LogP contribution in [0.5, 0.6) is 5.75 Å². The fourth-order valence-electron chi connectivity index (χ4n) is 4.71. The molecule has 1 aliphatic carbocycles. The van der Waals surface area contributed by atoms with Crippen molar-refractivity contribution in [3.05, 3.63) is 71.1 Å². The quantitative estimate of drug-likeness (QED) is 0.251. The van der Waals surface area contributed by atoms with Crippen molar-refractivity contribution >= 4 is 28.7 Å². The van der Waals surface area contributed by atoms with Gasteiger partial charge in [-0.1, -0.05) is 61.4 Å². The SMILES string of the molecule is CCOc1ccc(-n2c(SCC(=O)NC3CCCCC3)nc3c(-c4ccccc4)c[nH]c3c2=O)cc1. The van der Waals surface area contributed by atoms with Gasteiger partial charge in [-0.25, -0.2) is 4.98 Å². The van der Waals surface area contributed by atoms with Gasteiger partial charge in [0.1, 0.15) is 16.8 Å². The zero-order chi connectivity index (χ0) is 24.9. The highest BCUT2D eigenvalue weighted by Crippen LogP contribution is 2.29. The Kier molecular flexibility index (Phi) is 7.41. The number of nitrogens with zero attached hydrogens (tertiary/aromatic N) is 2. The van der Waals surface area contributed by atoms with Crippen molar-refractivity contribution in [1.82, 2.24) is 19.9 Å². The van der Waals surface area contributed by atoms with E-state index in [0.717, 1.165) is 42.6 Å². The van der Waals surface area contributed by atoms with Crippen LogP contribution >= 0.6 is 11.8 Å². The lowest BCUT2D eigenvalue weighted by Crippen LogP contribution is -2.37. The van der Waals surface area contributed by atoms with E-state index in [0.29, 0.717) is 28.5 Å². The summed E-state index contributed by atoms with van der Waals surface area (Å²) in [5.74, 6) is 0.892. The number of aromatic amines is 1. The fraction of sp³-hybridized carbons (Fsp3) is 0.321. The van der Waals surface area contributed by atoms with Crippen molar-refractivity contribution in [2.24, 2.45) is 0 Å². The van der Waals surface area contributed by atoms with E-state index in [1.165, 1.54) is 18.2 Å². The van der Waals surface area contributed by atoms with E-state index >= 15 is 0 Å². The number of carbonyl (C=O) groups excluding carboxylic acids is 1. The number of hydrogen-bond donors (Lipinski definition) is 2. The highest BCUT2D eigenvalue weighted by atomic mass is 32.2. The number of H-pyrrole nitrogens is 1. The largest absolute Gasteiger partial charge is 0.494 e. The van der Waals surface area contributed by atoms with Gasteiger partial charge in [0.05, 0.1) is 18.0 Å². The summed E-state index contributed by atoms with van der Waals surface area (Å²) < 4.78 is 7.13. The molecule has 0 atom stereocenters. The van der Waals surface area contributed by atoms with E-state index in [2.05, 4.69) is 10.3 Å². The average Bonchev–Trinajstić information content (AvgIpc) is 3.34. The summed E-state index contributed by atoms with van der Waals surface area (Å²) in [5, 5.41) is 3.64. The maximum Gasteiger partial charge on any atom is 0.283 e. The van der Waals surface area contributed by atoms with Gasteiger partial charge in [0.15, 0.2) is 5.16 Å². The first-order chi connectivity index (χ1) is 17.6. The van der Waals surface area contributed by atoms with Gasteiger partial charge < -0.3 is 15.0 Å². The normalized spacial score (nSPS) is 14.1. The molecule has 36 heavy (non-hydrogen) atoms. The molecule has 186 valence electrons. The Hall–Kier alpha value is -3.52. The van der Waals surface area contributed by atoms with E-state index < -0.39 is 0 Å². The molecule has 2 N–H and O–H groups in total. The van der Waals surface area contributed by atoms with Crippen LogP contribution in [0.15, 0.2) is 70.7 Å². The van der Waals surface area contributed by atoms with Crippen molar-refractivity contribution in [3.63, 3.8) is 0 Å². The van der Waals surface area contributed by atoms with Crippen LogP contribution in [-0.4, -0.2) is 38.8 Å². The third-order valence-corrected chi connectivity index (χ3v) is 7.40. The van der Waals surface area contributed by atoms with Crippen molar-refractivity contribution in [2.45, 2.75) is 50.2 Å². The Balaban J connectivity index is 1.52. The van der Waals surface area contributed by atoms with E-state index in [1.807, 2.05) is 67.7 Å². The second-order valence-corrected chi connectivity index (χ2v) is 9.89. The van der Waals surface area contributed by atoms with Gasteiger partial charge in [0.25, 0.3) is 5.56 Å². The predicted molar refractivity (Wildman–Crippen MR) is 144 cm³/mol. The summed E-state index contributed by atoms with van der Waals surface area (Å²) in [6.07, 6.45) is 7.43. The highest BCUT2D eigenvalue weighted by Gasteiger charge is 2.20. The van der Waals surface area contributed by atoms with Gasteiger partial charge in [-0.15, -0.1) is 0 Å². The topological polar surface area (TPSA) is 89.0 Å². The summed E-state index contributed by atoms with van der Waals surface area (Å²) >= 11 is 1.28. The number of fused-ring (bicyclic) bond motifs is 1. The number of nitrogens with one attached hydrogen (secondary N) is 2. The first-order valence-corrected chi connectivity index (χ1v) is 13.5. The van der Waals surface area contributed by atoms with Crippen LogP contribution in [0.4, 0.5) is 0 Å². The molecule has 0 bridgehead atoms. The second kappa shape index (κ2) is 11.0. The molecule has 0 aliphatic heterocycles. The summed E-state index contributed by atoms with van der Waals surface area (Å²) in [5.41, 5.74) is 3.32. The summed E-state index contributed by atoms with van der Waals surface area (Å²) in [6.45, 7) is 2.49. The smallest absolute Gasteiger partial charge is 0.283 e. The Labute approximate surface area is 214 Å². The van der Waals surface area contributed by atoms with Gasteiger partial charge in [0.2, 0.25) is 5.91 Å². The minimum Gasteiger partial charge on any atom is -0.494 e. The van der Waals surface area contributed by atoms with Crippen LogP contribution in [0.25, 0.3) is 27.8 Å². The molecule has 8 heteroatoms. The van der Waals surface area contributed by atoms with Crippen molar-refractivity contribution in [3.8, 4) is 22.6 Å². The Morgan fingerprint density at radius 2 is 1.86 bits per heavy atom. The molecule has 2 heterocycles. The molecule has 2 aromatic heterocycles. The maximum absolute atomic E-state index is 13.7. The summed E-state index contributed by atoms with van der Waals surface area (Å²) in [4.78, 5) is 34.5. The summed E-state index contributed by atoms with van der Waals surface area (Å²) in [7, 11) is 0. The third kappa shape index (κ3) is 5.18. The van der Waals surface area contributed by atoms with Gasteiger partial charge in [0, 0.05) is 17.8 Å². The molecule has 2 aromatic carbocycles. The van der Waals surface area contributed by atoms with Gasteiger partial charge in [-0.2, -0.15) is 0 Å². The number of benzene rings is 2. The van der Waals surface area contributed by atoms with Crippen LogP contribution in [0, 0.1) is 0 Å². The molecule has 7 nitrogen and oxygen atoms in total. The number of aromatic nitrogens is 3. The molecule has 0 unspecified atom stereocenters. The number of ether oxygens (including phenoxy) is 1. The molecule has 4 aromatic rings. The Bertz CT molecular complexity index is 1390. The molecule has 0 saturated heterocycles. The second-order valence-electron chi connectivity index (χ2n) is 8.94. The van der Waals surface area contributed by atoms with E-state index in [-0.39, 0.29) is 23.3 Å². The molecular weight excluding hydrogens is 472 g/mol. The molecule has 1 saturated carbocycles. The fourth-order valence-corrected chi connectivity index (χ4v) is 5.52. The van der Waals surface area contributed by atoms with Gasteiger partial charge >= 0.3 is 0 Å². The van der Waals surface area contributed by atoms with E-state index in [9.17, 15) is 9.59 Å². The standard InChI is InChI=1S/C28H30N4O3S/c1-2-35-22-15-13-21(14-16-22)32-27(34)26-25(23(17-29-26)19-9-5-3-6-10-19)31-28(32)36-18-24(33)30-20-11-7-4-8-12-20/h3,5-6,9-10,13-17,20,29H,2,4,7-8,11-12,18H2,1H3,(H,30,33). The van der Waals surface area contributed by atoms with Gasteiger partial charge in [-0.05, 0) is 49.6 Å². The number of amides is 1. The molecule has 5 rings (SSSR count). The highest BCUT2D eigenvalue weighted by molar-refractivity contribution is 7.99. The van der Waals surface area contributed by atoms with Crippen LogP contribution in [-0.2, 0) is 4.79 Å². The molecule has 0 radical (unpaired) electrons. The van der Waals surface area contributed by atoms with Crippen molar-refractivity contribution < 1.29 is 9.53 Å². The zero-order valence-electron chi connectivity index (χ0n) is 20.3. The average molecular weight is 503 g/mol. The Morgan fingerprint density at radius 1 is 1.11 bits per heavy atom. The minimum atomic E-state index is -0.207. The van der Waals surface area contributed by atoms with Crippen molar-refractivity contribution in [2.75, 3.05) is 12.4 Å². The number of hydrogen-bond acceptors (Lipinski definition) is 5.